The number of rotatable bonds is 6. The molecule has 10 heteroatoms. The fraction of sp³-hybridized carbons (Fsp3) is 0.429. The highest BCUT2D eigenvalue weighted by atomic mass is 32.2. The Morgan fingerprint density at radius 1 is 1.06 bits per heavy atom. The Kier molecular flexibility index (Phi) is 5.64. The molecule has 3 rings (SSSR count). The molecule has 0 unspecified atom stereocenters. The molecule has 1 saturated heterocycles. The van der Waals surface area contributed by atoms with Gasteiger partial charge in [-0.3, -0.25) is 19.2 Å². The van der Waals surface area contributed by atoms with Gasteiger partial charge in [0, 0.05) is 11.3 Å². The van der Waals surface area contributed by atoms with Crippen LogP contribution in [0.2, 0.25) is 0 Å². The molecule has 0 aromatic carbocycles. The van der Waals surface area contributed by atoms with E-state index < -0.39 is 51.1 Å². The summed E-state index contributed by atoms with van der Waals surface area (Å²) in [5, 5.41) is 33.5. The normalized spacial score (nSPS) is 30.7. The third-order valence-corrected chi connectivity index (χ3v) is 7.05. The number of carbonyl (C=O) groups is 4. The molecule has 3 N–H and O–H groups in total. The van der Waals surface area contributed by atoms with Gasteiger partial charge in [0.15, 0.2) is 51.3 Å². The maximum absolute atomic E-state index is 12.6. The Balaban J connectivity index is 2.20. The Bertz CT molecular complexity index is 1060. The summed E-state index contributed by atoms with van der Waals surface area (Å²) in [6.45, 7) is 3.97. The molecule has 0 amide bonds. The standard InChI is InChI=1S/C21H22O9S/c1-10(22)15-8-14-6-5-7-29-16(14)17(15)30-18-20(27,12(3)24)21(28,13(4)25)19(26,9-31-18)11(2)23/h5-8,18,26-28H,9H2,1-4H3/t18-,19-,20-,21-/m0/s1. The minimum absolute atomic E-state index is 0.0928. The fourth-order valence-electron chi connectivity index (χ4n) is 3.88. The van der Waals surface area contributed by atoms with Crippen LogP contribution in [0.3, 0.4) is 0 Å². The van der Waals surface area contributed by atoms with Gasteiger partial charge in [-0.1, -0.05) is 0 Å². The first-order chi connectivity index (χ1) is 14.3. The second kappa shape index (κ2) is 7.56. The average Bonchev–Trinajstić information content (AvgIpc) is 3.06. The Hall–Kier alpha value is -2.53. The summed E-state index contributed by atoms with van der Waals surface area (Å²) in [6, 6.07) is 4.75. The summed E-state index contributed by atoms with van der Waals surface area (Å²) >= 11 is 0.652. The van der Waals surface area contributed by atoms with Crippen LogP contribution in [0.4, 0.5) is 0 Å². The van der Waals surface area contributed by atoms with E-state index >= 15 is 0 Å². The van der Waals surface area contributed by atoms with Crippen LogP contribution in [0.1, 0.15) is 38.1 Å². The number of thioether (sulfide) groups is 1. The van der Waals surface area contributed by atoms with Gasteiger partial charge >= 0.3 is 0 Å². The first-order valence-corrected chi connectivity index (χ1v) is 10.4. The van der Waals surface area contributed by atoms with E-state index in [1.165, 1.54) is 19.3 Å². The molecular formula is C21H22O9S. The summed E-state index contributed by atoms with van der Waals surface area (Å²) in [7, 11) is 0. The third-order valence-electron chi connectivity index (χ3n) is 5.72. The highest BCUT2D eigenvalue weighted by molar-refractivity contribution is 8.00. The summed E-state index contributed by atoms with van der Waals surface area (Å²) in [4.78, 5) is 49.4. The van der Waals surface area contributed by atoms with Crippen molar-refractivity contribution in [3.8, 4) is 17.1 Å². The lowest BCUT2D eigenvalue weighted by Crippen LogP contribution is -2.82. The molecule has 0 spiro atoms. The Labute approximate surface area is 181 Å². The molecule has 2 aliphatic heterocycles. The number of ketones is 4. The van der Waals surface area contributed by atoms with Crippen molar-refractivity contribution in [3.63, 3.8) is 0 Å². The van der Waals surface area contributed by atoms with Crippen molar-refractivity contribution < 1.29 is 43.7 Å². The van der Waals surface area contributed by atoms with Crippen molar-refractivity contribution in [3.05, 3.63) is 30.0 Å². The predicted octanol–water partition coefficient (Wildman–Crippen LogP) is 0.999. The van der Waals surface area contributed by atoms with Crippen LogP contribution in [0.25, 0.3) is 11.3 Å². The number of fused-ring (bicyclic) bond motifs is 1. The van der Waals surface area contributed by atoms with Crippen LogP contribution < -0.4 is 4.74 Å². The summed E-state index contributed by atoms with van der Waals surface area (Å²) in [6.07, 6.45) is 1.34. The van der Waals surface area contributed by atoms with Crippen LogP contribution in [0.5, 0.6) is 5.75 Å². The predicted molar refractivity (Wildman–Crippen MR) is 109 cm³/mol. The zero-order valence-electron chi connectivity index (χ0n) is 17.3. The minimum atomic E-state index is -3.19. The number of hydrogen-bond acceptors (Lipinski definition) is 10. The van der Waals surface area contributed by atoms with E-state index in [2.05, 4.69) is 0 Å². The second-order valence-electron chi connectivity index (χ2n) is 7.61. The van der Waals surface area contributed by atoms with Gasteiger partial charge in [0.25, 0.3) is 0 Å². The van der Waals surface area contributed by atoms with Gasteiger partial charge < -0.3 is 24.5 Å². The first-order valence-electron chi connectivity index (χ1n) is 9.32. The molecule has 0 bridgehead atoms. The van der Waals surface area contributed by atoms with Gasteiger partial charge in [-0.15, -0.1) is 11.8 Å². The van der Waals surface area contributed by atoms with Gasteiger partial charge in [-0.2, -0.15) is 0 Å². The molecule has 0 radical (unpaired) electrons. The van der Waals surface area contributed by atoms with E-state index in [0.29, 0.717) is 17.3 Å². The molecule has 3 aliphatic rings. The van der Waals surface area contributed by atoms with E-state index in [4.69, 9.17) is 9.15 Å². The highest BCUT2D eigenvalue weighted by Crippen LogP contribution is 2.50. The van der Waals surface area contributed by atoms with Gasteiger partial charge in [0.2, 0.25) is 5.60 Å². The first kappa shape index (κ1) is 23.1. The molecule has 0 saturated carbocycles. The van der Waals surface area contributed by atoms with Crippen molar-refractivity contribution in [2.75, 3.05) is 5.75 Å². The Morgan fingerprint density at radius 3 is 2.23 bits per heavy atom. The zero-order valence-corrected chi connectivity index (χ0v) is 18.1. The van der Waals surface area contributed by atoms with Crippen molar-refractivity contribution in [2.24, 2.45) is 0 Å². The maximum atomic E-state index is 12.6. The van der Waals surface area contributed by atoms with Crippen LogP contribution in [-0.2, 0) is 14.4 Å². The molecule has 166 valence electrons. The van der Waals surface area contributed by atoms with Crippen molar-refractivity contribution in [1.29, 1.82) is 0 Å². The second-order valence-corrected chi connectivity index (χ2v) is 8.66. The molecule has 1 fully saturated rings. The zero-order chi connectivity index (χ0) is 23.4. The number of Topliss-reactive ketones (excluding diaryl/α,β-unsaturated/α-hetero) is 4. The molecule has 9 nitrogen and oxygen atoms in total. The Morgan fingerprint density at radius 2 is 1.71 bits per heavy atom. The summed E-state index contributed by atoms with van der Waals surface area (Å²) < 4.78 is 11.3. The average molecular weight is 450 g/mol. The van der Waals surface area contributed by atoms with Gasteiger partial charge in [-0.25, -0.2) is 0 Å². The van der Waals surface area contributed by atoms with Crippen molar-refractivity contribution in [1.82, 2.24) is 0 Å². The van der Waals surface area contributed by atoms with Crippen molar-refractivity contribution >= 4 is 34.9 Å². The number of ether oxygens (including phenoxy) is 1. The van der Waals surface area contributed by atoms with Crippen LogP contribution >= 0.6 is 11.8 Å². The number of aliphatic hydroxyl groups is 3. The number of carbonyl (C=O) groups excluding carboxylic acids is 4. The lowest BCUT2D eigenvalue weighted by molar-refractivity contribution is -0.236. The molecule has 0 aromatic rings. The third kappa shape index (κ3) is 3.05. The molecule has 31 heavy (non-hydrogen) atoms. The topological polar surface area (TPSA) is 151 Å². The molecule has 1 aliphatic carbocycles. The van der Waals surface area contributed by atoms with Crippen LogP contribution in [0.15, 0.2) is 28.9 Å². The largest absolute Gasteiger partial charge is 0.471 e. The van der Waals surface area contributed by atoms with Crippen molar-refractivity contribution in [2.45, 2.75) is 49.9 Å². The van der Waals surface area contributed by atoms with E-state index in [0.717, 1.165) is 20.8 Å². The monoisotopic (exact) mass is 450 g/mol. The van der Waals surface area contributed by atoms with Gasteiger partial charge in [0.1, 0.15) is 0 Å². The fourth-order valence-corrected chi connectivity index (χ4v) is 5.43. The van der Waals surface area contributed by atoms with Crippen LogP contribution in [0, 0.1) is 0 Å². The molecule has 4 atom stereocenters. The van der Waals surface area contributed by atoms with Gasteiger partial charge in [-0.05, 0) is 45.9 Å². The van der Waals surface area contributed by atoms with Gasteiger partial charge in [0.05, 0.1) is 11.8 Å². The van der Waals surface area contributed by atoms with E-state index in [9.17, 15) is 34.5 Å². The highest BCUT2D eigenvalue weighted by Gasteiger charge is 2.75. The summed E-state index contributed by atoms with van der Waals surface area (Å²) in [5.41, 5.74) is -10.0. The molecular weight excluding hydrogens is 428 g/mol. The lowest BCUT2D eigenvalue weighted by atomic mass is 9.65. The SMILES string of the molecule is CC(=O)c1cc2cccoc-2c1O[C@H]1SC[C@](O)(C(C)=O)[C@@](O)(C(C)=O)[C@]1(O)C(C)=O. The number of hydrogen-bond donors (Lipinski definition) is 3. The lowest BCUT2D eigenvalue weighted by Gasteiger charge is -2.54. The maximum Gasteiger partial charge on any atom is 0.208 e. The van der Waals surface area contributed by atoms with E-state index in [1.54, 1.807) is 12.1 Å². The van der Waals surface area contributed by atoms with E-state index in [-0.39, 0.29) is 17.1 Å². The van der Waals surface area contributed by atoms with Crippen LogP contribution in [-0.4, -0.2) is 66.4 Å². The van der Waals surface area contributed by atoms with E-state index in [1.807, 2.05) is 0 Å². The molecule has 0 aromatic heterocycles. The molecule has 2 heterocycles. The quantitative estimate of drug-likeness (QED) is 0.544. The smallest absolute Gasteiger partial charge is 0.208 e. The minimum Gasteiger partial charge on any atom is -0.471 e. The summed E-state index contributed by atoms with van der Waals surface area (Å²) in [5.74, 6) is -4.20.